The van der Waals surface area contributed by atoms with Gasteiger partial charge in [0.15, 0.2) is 0 Å². The van der Waals surface area contributed by atoms with E-state index in [1.54, 1.807) is 0 Å². The van der Waals surface area contributed by atoms with Crippen molar-refractivity contribution in [2.45, 2.75) is 31.2 Å². The standard InChI is InChI=1S/C17H17BrClN/c18-15-6-2-5-14(16(15)19)17(20)13-9-7-12(8-10-13)11-3-1-4-11/h2,5-11,17H,1,3-4,20H2. The largest absolute Gasteiger partial charge is 0.320 e. The highest BCUT2D eigenvalue weighted by Crippen LogP contribution is 2.37. The Balaban J connectivity index is 1.86. The lowest BCUT2D eigenvalue weighted by molar-refractivity contribution is 0.419. The smallest absolute Gasteiger partial charge is 0.0599 e. The highest BCUT2D eigenvalue weighted by molar-refractivity contribution is 9.10. The van der Waals surface area contributed by atoms with Crippen LogP contribution in [0.5, 0.6) is 0 Å². The van der Waals surface area contributed by atoms with Crippen molar-refractivity contribution in [2.75, 3.05) is 0 Å². The van der Waals surface area contributed by atoms with E-state index in [0.717, 1.165) is 21.5 Å². The Kier molecular flexibility index (Phi) is 4.16. The summed E-state index contributed by atoms with van der Waals surface area (Å²) in [7, 11) is 0. The maximum atomic E-state index is 6.35. The van der Waals surface area contributed by atoms with Crippen LogP contribution >= 0.6 is 27.5 Å². The summed E-state index contributed by atoms with van der Waals surface area (Å²) in [4.78, 5) is 0. The van der Waals surface area contributed by atoms with Gasteiger partial charge in [0.25, 0.3) is 0 Å². The van der Waals surface area contributed by atoms with Crippen molar-refractivity contribution in [3.8, 4) is 0 Å². The van der Waals surface area contributed by atoms with Gasteiger partial charge in [0, 0.05) is 4.47 Å². The zero-order valence-electron chi connectivity index (χ0n) is 11.2. The summed E-state index contributed by atoms with van der Waals surface area (Å²) in [6.07, 6.45) is 4.01. The molecule has 0 radical (unpaired) electrons. The van der Waals surface area contributed by atoms with Crippen molar-refractivity contribution in [3.05, 3.63) is 68.7 Å². The van der Waals surface area contributed by atoms with Gasteiger partial charge in [-0.25, -0.2) is 0 Å². The predicted molar refractivity (Wildman–Crippen MR) is 88.2 cm³/mol. The molecule has 20 heavy (non-hydrogen) atoms. The van der Waals surface area contributed by atoms with E-state index in [0.29, 0.717) is 5.02 Å². The summed E-state index contributed by atoms with van der Waals surface area (Å²) in [5.74, 6) is 0.759. The molecule has 1 aliphatic carbocycles. The minimum Gasteiger partial charge on any atom is -0.320 e. The molecule has 0 spiro atoms. The first-order chi connectivity index (χ1) is 9.66. The molecule has 1 aliphatic rings. The van der Waals surface area contributed by atoms with Gasteiger partial charge in [-0.2, -0.15) is 0 Å². The first-order valence-electron chi connectivity index (χ1n) is 6.96. The first-order valence-corrected chi connectivity index (χ1v) is 8.13. The molecule has 2 aromatic carbocycles. The predicted octanol–water partition coefficient (Wildman–Crippen LogP) is 5.42. The van der Waals surface area contributed by atoms with Crippen LogP contribution in [0.1, 0.15) is 47.9 Å². The molecule has 2 N–H and O–H groups in total. The van der Waals surface area contributed by atoms with Gasteiger partial charge >= 0.3 is 0 Å². The summed E-state index contributed by atoms with van der Waals surface area (Å²) in [6.45, 7) is 0. The van der Waals surface area contributed by atoms with E-state index in [4.69, 9.17) is 17.3 Å². The zero-order chi connectivity index (χ0) is 14.1. The Morgan fingerprint density at radius 1 is 1.10 bits per heavy atom. The van der Waals surface area contributed by atoms with E-state index in [2.05, 4.69) is 40.2 Å². The third-order valence-corrected chi connectivity index (χ3v) is 5.50. The summed E-state index contributed by atoms with van der Waals surface area (Å²) < 4.78 is 0.887. The Labute approximate surface area is 133 Å². The number of halogens is 2. The molecule has 3 heteroatoms. The molecule has 1 atom stereocenters. The van der Waals surface area contributed by atoms with Gasteiger partial charge in [0.2, 0.25) is 0 Å². The first kappa shape index (κ1) is 14.1. The average molecular weight is 351 g/mol. The fraction of sp³-hybridized carbons (Fsp3) is 0.294. The molecule has 0 amide bonds. The lowest BCUT2D eigenvalue weighted by atomic mass is 9.79. The molecule has 0 aromatic heterocycles. The van der Waals surface area contributed by atoms with Gasteiger partial charge in [-0.15, -0.1) is 0 Å². The highest BCUT2D eigenvalue weighted by Gasteiger charge is 2.20. The number of hydrogen-bond acceptors (Lipinski definition) is 1. The van der Waals surface area contributed by atoms with E-state index in [9.17, 15) is 0 Å². The topological polar surface area (TPSA) is 26.0 Å². The van der Waals surface area contributed by atoms with Crippen LogP contribution < -0.4 is 5.73 Å². The van der Waals surface area contributed by atoms with Gasteiger partial charge in [-0.05, 0) is 57.4 Å². The van der Waals surface area contributed by atoms with Crippen LogP contribution in [-0.2, 0) is 0 Å². The van der Waals surface area contributed by atoms with Crippen molar-refractivity contribution in [1.29, 1.82) is 0 Å². The van der Waals surface area contributed by atoms with Crippen LogP contribution in [-0.4, -0.2) is 0 Å². The van der Waals surface area contributed by atoms with E-state index in [1.165, 1.54) is 24.8 Å². The second kappa shape index (κ2) is 5.88. The molecule has 1 fully saturated rings. The summed E-state index contributed by atoms with van der Waals surface area (Å²) in [6, 6.07) is 14.4. The van der Waals surface area contributed by atoms with Crippen LogP contribution in [0.3, 0.4) is 0 Å². The van der Waals surface area contributed by atoms with Gasteiger partial charge in [-0.1, -0.05) is 54.4 Å². The maximum Gasteiger partial charge on any atom is 0.0599 e. The van der Waals surface area contributed by atoms with Crippen LogP contribution in [0.15, 0.2) is 46.9 Å². The fourth-order valence-electron chi connectivity index (χ4n) is 2.66. The maximum absolute atomic E-state index is 6.35. The van der Waals surface area contributed by atoms with Crippen molar-refractivity contribution in [3.63, 3.8) is 0 Å². The summed E-state index contributed by atoms with van der Waals surface area (Å²) in [5, 5.41) is 0.697. The molecular weight excluding hydrogens is 334 g/mol. The van der Waals surface area contributed by atoms with E-state index in [1.807, 2.05) is 18.2 Å². The Hall–Kier alpha value is -0.830. The van der Waals surface area contributed by atoms with E-state index in [-0.39, 0.29) is 6.04 Å². The molecule has 0 saturated heterocycles. The van der Waals surface area contributed by atoms with Gasteiger partial charge in [-0.3, -0.25) is 0 Å². The molecule has 2 aromatic rings. The molecule has 0 bridgehead atoms. The molecule has 104 valence electrons. The summed E-state index contributed by atoms with van der Waals surface area (Å²) in [5.41, 5.74) is 9.85. The van der Waals surface area contributed by atoms with Crippen molar-refractivity contribution in [1.82, 2.24) is 0 Å². The molecule has 0 heterocycles. The minimum absolute atomic E-state index is 0.185. The Morgan fingerprint density at radius 3 is 2.40 bits per heavy atom. The average Bonchev–Trinajstić information content (AvgIpc) is 2.40. The fourth-order valence-corrected chi connectivity index (χ4v) is 3.28. The molecule has 0 aliphatic heterocycles. The lowest BCUT2D eigenvalue weighted by Crippen LogP contribution is -2.13. The third kappa shape index (κ3) is 2.65. The number of nitrogens with two attached hydrogens (primary N) is 1. The lowest BCUT2D eigenvalue weighted by Gasteiger charge is -2.26. The van der Waals surface area contributed by atoms with Crippen LogP contribution in [0, 0.1) is 0 Å². The highest BCUT2D eigenvalue weighted by atomic mass is 79.9. The van der Waals surface area contributed by atoms with Crippen molar-refractivity contribution < 1.29 is 0 Å². The SMILES string of the molecule is NC(c1ccc(C2CCC2)cc1)c1cccc(Br)c1Cl. The number of benzene rings is 2. The molecule has 1 unspecified atom stereocenters. The van der Waals surface area contributed by atoms with Crippen LogP contribution in [0.4, 0.5) is 0 Å². The Morgan fingerprint density at radius 2 is 1.80 bits per heavy atom. The van der Waals surface area contributed by atoms with Crippen molar-refractivity contribution in [2.24, 2.45) is 5.73 Å². The van der Waals surface area contributed by atoms with Crippen LogP contribution in [0.25, 0.3) is 0 Å². The quantitative estimate of drug-likeness (QED) is 0.786. The molecule has 1 saturated carbocycles. The number of rotatable bonds is 3. The van der Waals surface area contributed by atoms with Gasteiger partial charge < -0.3 is 5.73 Å². The molecule has 3 rings (SSSR count). The van der Waals surface area contributed by atoms with Gasteiger partial charge in [0.1, 0.15) is 0 Å². The second-order valence-electron chi connectivity index (χ2n) is 5.42. The second-order valence-corrected chi connectivity index (χ2v) is 6.65. The zero-order valence-corrected chi connectivity index (χ0v) is 13.5. The van der Waals surface area contributed by atoms with E-state index < -0.39 is 0 Å². The number of hydrogen-bond donors (Lipinski definition) is 1. The minimum atomic E-state index is -0.185. The molecule has 1 nitrogen and oxygen atoms in total. The Bertz CT molecular complexity index is 605. The van der Waals surface area contributed by atoms with Gasteiger partial charge in [0.05, 0.1) is 11.1 Å². The monoisotopic (exact) mass is 349 g/mol. The van der Waals surface area contributed by atoms with Crippen LogP contribution in [0.2, 0.25) is 5.02 Å². The van der Waals surface area contributed by atoms with E-state index >= 15 is 0 Å². The summed E-state index contributed by atoms with van der Waals surface area (Å²) >= 11 is 9.77. The third-order valence-electron chi connectivity index (χ3n) is 4.19. The normalized spacial score (nSPS) is 16.8. The van der Waals surface area contributed by atoms with Crippen molar-refractivity contribution >= 4 is 27.5 Å². The molecular formula is C17H17BrClN.